The highest BCUT2D eigenvalue weighted by Gasteiger charge is 2.33. The number of likely N-dealkylation sites (N-methyl/N-ethyl adjacent to an activating group) is 1. The Bertz CT molecular complexity index is 490. The molecule has 0 aromatic rings. The van der Waals surface area contributed by atoms with E-state index in [1.165, 1.54) is 0 Å². The first-order chi connectivity index (χ1) is 12.5. The van der Waals surface area contributed by atoms with Crippen molar-refractivity contribution in [3.8, 4) is 0 Å². The summed E-state index contributed by atoms with van der Waals surface area (Å²) in [6.45, 7) is 10.6. The molecule has 3 rings (SSSR count). The number of carbonyl (C=O) groups is 2. The highest BCUT2D eigenvalue weighted by atomic mass is 16.6. The van der Waals surface area contributed by atoms with E-state index in [1.54, 1.807) is 0 Å². The van der Waals surface area contributed by atoms with Crippen LogP contribution >= 0.6 is 0 Å². The van der Waals surface area contributed by atoms with E-state index in [-0.39, 0.29) is 18.7 Å². The maximum absolute atomic E-state index is 12.1. The molecule has 3 heterocycles. The van der Waals surface area contributed by atoms with E-state index in [0.29, 0.717) is 6.54 Å². The minimum absolute atomic E-state index is 0.0824. The molecule has 0 radical (unpaired) electrons. The zero-order valence-electron chi connectivity index (χ0n) is 15.7. The fourth-order valence-electron chi connectivity index (χ4n) is 3.80. The summed E-state index contributed by atoms with van der Waals surface area (Å²) in [6, 6.07) is 0. The fraction of sp³-hybridized carbons (Fsp3) is 0.882. The predicted molar refractivity (Wildman–Crippen MR) is 96.3 cm³/mol. The van der Waals surface area contributed by atoms with Crippen molar-refractivity contribution in [1.29, 1.82) is 0 Å². The van der Waals surface area contributed by atoms with Crippen molar-refractivity contribution in [2.45, 2.75) is 6.10 Å². The fourth-order valence-corrected chi connectivity index (χ4v) is 3.80. The number of aliphatic carboxylic acids is 1. The first-order valence-corrected chi connectivity index (χ1v) is 9.52. The second-order valence-electron chi connectivity index (χ2n) is 7.57. The number of carboxylic acids is 1. The van der Waals surface area contributed by atoms with E-state index in [1.807, 2.05) is 9.80 Å². The van der Waals surface area contributed by atoms with Crippen LogP contribution in [0.1, 0.15) is 0 Å². The Morgan fingerprint density at radius 2 is 1.62 bits per heavy atom. The average Bonchev–Trinajstić information content (AvgIpc) is 2.95. The number of ether oxygens (including phenoxy) is 1. The van der Waals surface area contributed by atoms with Crippen LogP contribution in [0.4, 0.5) is 4.79 Å². The van der Waals surface area contributed by atoms with Gasteiger partial charge >= 0.3 is 12.1 Å². The zero-order chi connectivity index (χ0) is 18.5. The molecule has 0 saturated carbocycles. The molecule has 1 unspecified atom stereocenters. The van der Waals surface area contributed by atoms with Gasteiger partial charge in [-0.3, -0.25) is 19.5 Å². The summed E-state index contributed by atoms with van der Waals surface area (Å²) >= 11 is 0. The van der Waals surface area contributed by atoms with Gasteiger partial charge in [0.05, 0.1) is 13.1 Å². The molecule has 3 aliphatic heterocycles. The van der Waals surface area contributed by atoms with Gasteiger partial charge in [0.25, 0.3) is 0 Å². The Labute approximate surface area is 155 Å². The number of carbonyl (C=O) groups excluding carboxylic acids is 1. The van der Waals surface area contributed by atoms with E-state index in [4.69, 9.17) is 9.84 Å². The Balaban J connectivity index is 1.35. The molecule has 3 saturated heterocycles. The highest BCUT2D eigenvalue weighted by Crippen LogP contribution is 2.14. The molecule has 0 aromatic carbocycles. The van der Waals surface area contributed by atoms with Crippen LogP contribution in [-0.2, 0) is 9.53 Å². The lowest BCUT2D eigenvalue weighted by Crippen LogP contribution is -2.50. The van der Waals surface area contributed by atoms with Gasteiger partial charge in [-0.05, 0) is 7.05 Å². The van der Waals surface area contributed by atoms with Crippen molar-refractivity contribution in [3.63, 3.8) is 0 Å². The average molecular weight is 369 g/mol. The maximum atomic E-state index is 12.1. The first kappa shape index (κ1) is 19.3. The van der Waals surface area contributed by atoms with Crippen molar-refractivity contribution < 1.29 is 19.4 Å². The van der Waals surface area contributed by atoms with Crippen LogP contribution in [0.5, 0.6) is 0 Å². The minimum Gasteiger partial charge on any atom is -0.480 e. The number of piperazine rings is 2. The van der Waals surface area contributed by atoms with Gasteiger partial charge < -0.3 is 19.6 Å². The molecule has 9 nitrogen and oxygen atoms in total. The van der Waals surface area contributed by atoms with Gasteiger partial charge in [-0.2, -0.15) is 0 Å². The molecule has 148 valence electrons. The third kappa shape index (κ3) is 5.54. The predicted octanol–water partition coefficient (Wildman–Crippen LogP) is -1.24. The lowest BCUT2D eigenvalue weighted by Gasteiger charge is -2.34. The summed E-state index contributed by atoms with van der Waals surface area (Å²) in [5.41, 5.74) is 0. The molecule has 26 heavy (non-hydrogen) atoms. The molecular formula is C17H31N5O4. The molecule has 0 aromatic heterocycles. The SMILES string of the molecule is CN1CCN(CCN2CC(CN3CCN(CC(=O)O)CC3)OC2=O)CC1. The van der Waals surface area contributed by atoms with Crippen LogP contribution in [-0.4, -0.2) is 140 Å². The number of nitrogens with zero attached hydrogens (tertiary/aromatic N) is 5. The molecule has 1 atom stereocenters. The van der Waals surface area contributed by atoms with E-state index >= 15 is 0 Å². The van der Waals surface area contributed by atoms with Crippen molar-refractivity contribution >= 4 is 12.1 Å². The van der Waals surface area contributed by atoms with Crippen LogP contribution in [0.3, 0.4) is 0 Å². The summed E-state index contributed by atoms with van der Waals surface area (Å²) in [5, 5.41) is 8.85. The Morgan fingerprint density at radius 1 is 1.00 bits per heavy atom. The maximum Gasteiger partial charge on any atom is 0.410 e. The number of amides is 1. The van der Waals surface area contributed by atoms with Crippen LogP contribution in [0.2, 0.25) is 0 Å². The summed E-state index contributed by atoms with van der Waals surface area (Å²) < 4.78 is 5.54. The topological polar surface area (TPSA) is 79.8 Å². The zero-order valence-corrected chi connectivity index (χ0v) is 15.7. The molecule has 0 spiro atoms. The monoisotopic (exact) mass is 369 g/mol. The molecule has 0 bridgehead atoms. The number of rotatable bonds is 7. The summed E-state index contributed by atoms with van der Waals surface area (Å²) in [7, 11) is 2.14. The molecule has 1 amide bonds. The molecule has 0 aliphatic carbocycles. The summed E-state index contributed by atoms with van der Waals surface area (Å²) in [6.07, 6.45) is -0.283. The first-order valence-electron chi connectivity index (χ1n) is 9.52. The molecular weight excluding hydrogens is 338 g/mol. The Hall–Kier alpha value is -1.42. The second-order valence-corrected chi connectivity index (χ2v) is 7.57. The third-order valence-corrected chi connectivity index (χ3v) is 5.52. The normalized spacial score (nSPS) is 27.0. The summed E-state index contributed by atoms with van der Waals surface area (Å²) in [4.78, 5) is 33.6. The minimum atomic E-state index is -0.779. The van der Waals surface area contributed by atoms with Gasteiger partial charge in [0.2, 0.25) is 0 Å². The number of carboxylic acid groups (broad SMARTS) is 1. The lowest BCUT2D eigenvalue weighted by molar-refractivity contribution is -0.138. The molecule has 9 heteroatoms. The Morgan fingerprint density at radius 3 is 2.27 bits per heavy atom. The van der Waals surface area contributed by atoms with Gasteiger partial charge in [0.15, 0.2) is 0 Å². The van der Waals surface area contributed by atoms with Gasteiger partial charge in [-0.15, -0.1) is 0 Å². The Kier molecular flexibility index (Phi) is 6.68. The van der Waals surface area contributed by atoms with E-state index < -0.39 is 5.97 Å². The van der Waals surface area contributed by atoms with Gasteiger partial charge in [-0.25, -0.2) is 4.79 Å². The van der Waals surface area contributed by atoms with Crippen LogP contribution in [0.15, 0.2) is 0 Å². The van der Waals surface area contributed by atoms with Crippen molar-refractivity contribution in [2.24, 2.45) is 0 Å². The third-order valence-electron chi connectivity index (χ3n) is 5.52. The number of hydrogen-bond donors (Lipinski definition) is 1. The molecule has 3 fully saturated rings. The summed E-state index contributed by atoms with van der Waals surface area (Å²) in [5.74, 6) is -0.779. The van der Waals surface area contributed by atoms with Gasteiger partial charge in [0.1, 0.15) is 6.10 Å². The lowest BCUT2D eigenvalue weighted by atomic mass is 10.2. The van der Waals surface area contributed by atoms with Crippen LogP contribution in [0.25, 0.3) is 0 Å². The largest absolute Gasteiger partial charge is 0.480 e. The molecule has 1 N–H and O–H groups in total. The van der Waals surface area contributed by atoms with Crippen molar-refractivity contribution in [1.82, 2.24) is 24.5 Å². The highest BCUT2D eigenvalue weighted by molar-refractivity contribution is 5.70. The number of cyclic esters (lactones) is 1. The van der Waals surface area contributed by atoms with Gasteiger partial charge in [0, 0.05) is 72.0 Å². The van der Waals surface area contributed by atoms with E-state index in [2.05, 4.69) is 21.7 Å². The van der Waals surface area contributed by atoms with Crippen molar-refractivity contribution in [3.05, 3.63) is 0 Å². The van der Waals surface area contributed by atoms with E-state index in [9.17, 15) is 9.59 Å². The van der Waals surface area contributed by atoms with Crippen molar-refractivity contribution in [2.75, 3.05) is 92.1 Å². The van der Waals surface area contributed by atoms with E-state index in [0.717, 1.165) is 72.0 Å². The van der Waals surface area contributed by atoms with Crippen LogP contribution in [0, 0.1) is 0 Å². The van der Waals surface area contributed by atoms with Crippen LogP contribution < -0.4 is 0 Å². The molecule has 3 aliphatic rings. The smallest absolute Gasteiger partial charge is 0.410 e. The number of hydrogen-bond acceptors (Lipinski definition) is 7. The quantitative estimate of drug-likeness (QED) is 0.597. The van der Waals surface area contributed by atoms with Gasteiger partial charge in [-0.1, -0.05) is 0 Å². The standard InChI is InChI=1S/C17H31N5O4/c1-18-2-4-19(5-3-18)10-11-22-13-15(26-17(22)25)12-20-6-8-21(9-7-20)14-16(23)24/h15H,2-14H2,1H3,(H,23,24). The second kappa shape index (κ2) is 8.98.